The highest BCUT2D eigenvalue weighted by molar-refractivity contribution is 6.41. The molecule has 0 fully saturated rings. The van der Waals surface area contributed by atoms with Crippen molar-refractivity contribution in [1.29, 1.82) is 0 Å². The molecule has 4 nitrogen and oxygen atoms in total. The van der Waals surface area contributed by atoms with Gasteiger partial charge in [0, 0.05) is 11.9 Å². The van der Waals surface area contributed by atoms with Crippen LogP contribution < -0.4 is 0 Å². The van der Waals surface area contributed by atoms with E-state index in [2.05, 4.69) is 10.2 Å². The summed E-state index contributed by atoms with van der Waals surface area (Å²) in [5.41, 5.74) is 0.0276. The van der Waals surface area contributed by atoms with Crippen LogP contribution in [0.4, 0.5) is 5.69 Å². The number of hydrogen-bond acceptors (Lipinski definition) is 4. The van der Waals surface area contributed by atoms with Crippen LogP contribution in [0.2, 0.25) is 15.1 Å². The molecule has 0 aromatic heterocycles. The molecule has 0 bridgehead atoms. The molecular formula is C11H9Cl3N2O2. The summed E-state index contributed by atoms with van der Waals surface area (Å²) >= 11 is 17.5. The Balaban J connectivity index is 3.20. The normalized spacial score (nSPS) is 12.7. The van der Waals surface area contributed by atoms with Gasteiger partial charge < -0.3 is 5.11 Å². The molecule has 0 spiro atoms. The predicted molar refractivity (Wildman–Crippen MR) is 72.0 cm³/mol. The molecule has 0 amide bonds. The number of allylic oxidation sites excluding steroid dienone is 2. The summed E-state index contributed by atoms with van der Waals surface area (Å²) in [6.07, 6.45) is 0. The molecule has 0 radical (unpaired) electrons. The average molecular weight is 308 g/mol. The number of rotatable bonds is 3. The standard InChI is InChI=1S/C11H9Cl3N2O2/c1-5(17)10(6(2)18)15-16-11-8(13)3-7(12)4-9(11)14/h3-4,17H,1-2H3/b10-5-,16-15?. The Morgan fingerprint density at radius 2 is 1.67 bits per heavy atom. The smallest absolute Gasteiger partial charge is 0.183 e. The molecule has 7 heteroatoms. The van der Waals surface area contributed by atoms with Crippen LogP contribution in [0.5, 0.6) is 0 Å². The minimum atomic E-state index is -0.417. The van der Waals surface area contributed by atoms with Crippen molar-refractivity contribution >= 4 is 46.3 Å². The number of Topliss-reactive ketones (excluding diaryl/α,β-unsaturated/α-hetero) is 1. The molecule has 0 unspecified atom stereocenters. The first kappa shape index (κ1) is 15.0. The molecule has 1 N–H and O–H groups in total. The van der Waals surface area contributed by atoms with Gasteiger partial charge in [-0.3, -0.25) is 4.79 Å². The zero-order valence-corrected chi connectivity index (χ0v) is 11.8. The lowest BCUT2D eigenvalue weighted by Gasteiger charge is -2.02. The number of carbonyl (C=O) groups is 1. The summed E-state index contributed by atoms with van der Waals surface area (Å²) in [7, 11) is 0. The molecule has 0 saturated heterocycles. The van der Waals surface area contributed by atoms with Crippen LogP contribution >= 0.6 is 34.8 Å². The van der Waals surface area contributed by atoms with E-state index in [1.54, 1.807) is 0 Å². The van der Waals surface area contributed by atoms with E-state index in [-0.39, 0.29) is 27.2 Å². The van der Waals surface area contributed by atoms with Gasteiger partial charge in [0.1, 0.15) is 11.4 Å². The van der Waals surface area contributed by atoms with Crippen molar-refractivity contribution in [2.24, 2.45) is 10.2 Å². The summed E-state index contributed by atoms with van der Waals surface area (Å²) in [6.45, 7) is 2.60. The summed E-state index contributed by atoms with van der Waals surface area (Å²) in [5, 5.41) is 17.4. The molecule has 0 aliphatic rings. The number of hydrogen-bond donors (Lipinski definition) is 1. The van der Waals surface area contributed by atoms with Gasteiger partial charge in [-0.1, -0.05) is 34.8 Å². The molecule has 0 heterocycles. The molecule has 1 aromatic carbocycles. The Morgan fingerprint density at radius 1 is 1.17 bits per heavy atom. The SMILES string of the molecule is CC(=O)/C(N=Nc1c(Cl)cc(Cl)cc1Cl)=C(\C)O. The van der Waals surface area contributed by atoms with Crippen molar-refractivity contribution in [3.63, 3.8) is 0 Å². The van der Waals surface area contributed by atoms with E-state index >= 15 is 0 Å². The van der Waals surface area contributed by atoms with Crippen LogP contribution in [0.3, 0.4) is 0 Å². The number of carbonyl (C=O) groups excluding carboxylic acids is 1. The largest absolute Gasteiger partial charge is 0.510 e. The highest BCUT2D eigenvalue weighted by Gasteiger charge is 2.10. The highest BCUT2D eigenvalue weighted by Crippen LogP contribution is 2.36. The molecule has 1 aromatic rings. The minimum absolute atomic E-state index is 0.155. The van der Waals surface area contributed by atoms with Gasteiger partial charge in [0.2, 0.25) is 0 Å². The maximum Gasteiger partial charge on any atom is 0.183 e. The first-order chi connectivity index (χ1) is 8.32. The van der Waals surface area contributed by atoms with E-state index in [1.807, 2.05) is 0 Å². The van der Waals surface area contributed by atoms with Crippen LogP contribution in [0, 0.1) is 0 Å². The van der Waals surface area contributed by atoms with E-state index in [4.69, 9.17) is 34.8 Å². The number of ketones is 1. The van der Waals surface area contributed by atoms with Crippen LogP contribution in [0.25, 0.3) is 0 Å². The third-order valence-electron chi connectivity index (χ3n) is 1.91. The maximum absolute atomic E-state index is 11.2. The highest BCUT2D eigenvalue weighted by atomic mass is 35.5. The van der Waals surface area contributed by atoms with Gasteiger partial charge in [-0.2, -0.15) is 0 Å². The number of nitrogens with zero attached hydrogens (tertiary/aromatic N) is 2. The molecule has 1 rings (SSSR count). The Hall–Kier alpha value is -1.10. The lowest BCUT2D eigenvalue weighted by molar-refractivity contribution is -0.113. The zero-order chi connectivity index (χ0) is 13.9. The second-order valence-electron chi connectivity index (χ2n) is 3.41. The molecule has 0 aliphatic heterocycles. The molecule has 0 saturated carbocycles. The number of halogens is 3. The van der Waals surface area contributed by atoms with Crippen molar-refractivity contribution in [2.45, 2.75) is 13.8 Å². The van der Waals surface area contributed by atoms with E-state index in [0.717, 1.165) is 0 Å². The first-order valence-electron chi connectivity index (χ1n) is 4.80. The summed E-state index contributed by atoms with van der Waals surface area (Å²) in [5.74, 6) is -0.646. The summed E-state index contributed by atoms with van der Waals surface area (Å²) in [4.78, 5) is 11.2. The van der Waals surface area contributed by atoms with Crippen molar-refractivity contribution < 1.29 is 9.90 Å². The fraction of sp³-hybridized carbons (Fsp3) is 0.182. The van der Waals surface area contributed by atoms with E-state index in [0.29, 0.717) is 5.02 Å². The molecular weight excluding hydrogens is 298 g/mol. The fourth-order valence-corrected chi connectivity index (χ4v) is 2.02. The second-order valence-corrected chi connectivity index (χ2v) is 4.66. The number of aliphatic hydroxyl groups is 1. The van der Waals surface area contributed by atoms with Crippen molar-refractivity contribution in [3.05, 3.63) is 38.7 Å². The van der Waals surface area contributed by atoms with Crippen LogP contribution in [-0.4, -0.2) is 10.9 Å². The predicted octanol–water partition coefficient (Wildman–Crippen LogP) is 5.11. The maximum atomic E-state index is 11.2. The monoisotopic (exact) mass is 306 g/mol. The van der Waals surface area contributed by atoms with Gasteiger partial charge in [0.25, 0.3) is 0 Å². The van der Waals surface area contributed by atoms with Gasteiger partial charge in [-0.25, -0.2) is 0 Å². The average Bonchev–Trinajstić information content (AvgIpc) is 2.20. The Kier molecular flexibility index (Phi) is 5.14. The topological polar surface area (TPSA) is 62.0 Å². The van der Waals surface area contributed by atoms with Crippen LogP contribution in [0.1, 0.15) is 13.8 Å². The molecule has 96 valence electrons. The Morgan fingerprint density at radius 3 is 2.06 bits per heavy atom. The van der Waals surface area contributed by atoms with Gasteiger partial charge in [0.05, 0.1) is 10.0 Å². The minimum Gasteiger partial charge on any atom is -0.510 e. The van der Waals surface area contributed by atoms with E-state index in [9.17, 15) is 9.90 Å². The van der Waals surface area contributed by atoms with E-state index < -0.39 is 5.78 Å². The van der Waals surface area contributed by atoms with Gasteiger partial charge in [-0.15, -0.1) is 10.2 Å². The summed E-state index contributed by atoms with van der Waals surface area (Å²) in [6, 6.07) is 2.90. The third-order valence-corrected chi connectivity index (χ3v) is 2.70. The molecule has 0 aliphatic carbocycles. The van der Waals surface area contributed by atoms with Crippen molar-refractivity contribution in [3.8, 4) is 0 Å². The molecule has 0 atom stereocenters. The Bertz CT molecular complexity index is 526. The van der Waals surface area contributed by atoms with Gasteiger partial charge in [0.15, 0.2) is 11.5 Å². The number of azo groups is 1. The quantitative estimate of drug-likeness (QED) is 0.479. The van der Waals surface area contributed by atoms with Crippen LogP contribution in [0.15, 0.2) is 33.8 Å². The summed E-state index contributed by atoms with van der Waals surface area (Å²) < 4.78 is 0. The second kappa shape index (κ2) is 6.18. The van der Waals surface area contributed by atoms with Crippen LogP contribution in [-0.2, 0) is 4.79 Å². The Labute approximate surface area is 119 Å². The number of benzene rings is 1. The van der Waals surface area contributed by atoms with Crippen molar-refractivity contribution in [2.75, 3.05) is 0 Å². The fourth-order valence-electron chi connectivity index (χ4n) is 1.13. The van der Waals surface area contributed by atoms with Gasteiger partial charge in [-0.05, 0) is 19.1 Å². The van der Waals surface area contributed by atoms with E-state index in [1.165, 1.54) is 26.0 Å². The molecule has 18 heavy (non-hydrogen) atoms. The van der Waals surface area contributed by atoms with Gasteiger partial charge >= 0.3 is 0 Å². The third kappa shape index (κ3) is 3.70. The first-order valence-corrected chi connectivity index (χ1v) is 5.93. The van der Waals surface area contributed by atoms with Crippen molar-refractivity contribution in [1.82, 2.24) is 0 Å². The zero-order valence-electron chi connectivity index (χ0n) is 9.54. The lowest BCUT2D eigenvalue weighted by atomic mass is 10.3. The number of aliphatic hydroxyl groups excluding tert-OH is 1. The lowest BCUT2D eigenvalue weighted by Crippen LogP contribution is -1.96.